The number of rotatable bonds is 9. The molecule has 1 aliphatic rings. The van der Waals surface area contributed by atoms with Crippen LogP contribution in [0, 0.1) is 0 Å². The maximum atomic E-state index is 12.7. The Bertz CT molecular complexity index is 635. The summed E-state index contributed by atoms with van der Waals surface area (Å²) in [6.45, 7) is 0.0534. The number of nitrogens with one attached hydrogen (secondary N) is 1. The molecule has 3 N–H and O–H groups in total. The number of hydrogen-bond donors (Lipinski definition) is 3. The summed E-state index contributed by atoms with van der Waals surface area (Å²) in [5, 5.41) is 21.5. The Morgan fingerprint density at radius 1 is 1.15 bits per heavy atom. The summed E-state index contributed by atoms with van der Waals surface area (Å²) in [7, 11) is 0. The number of carbonyl (C=O) groups excluding carboxylic acids is 1. The van der Waals surface area contributed by atoms with E-state index in [0.717, 1.165) is 31.2 Å². The summed E-state index contributed by atoms with van der Waals surface area (Å²) in [4.78, 5) is 36.7. The van der Waals surface area contributed by atoms with E-state index in [-0.39, 0.29) is 12.5 Å². The number of nitrogens with zero attached hydrogens (tertiary/aromatic N) is 1. The quantitative estimate of drug-likeness (QED) is 0.608. The number of aliphatic carboxylic acids is 2. The molecule has 2 unspecified atom stereocenters. The summed E-state index contributed by atoms with van der Waals surface area (Å²) in [5.41, 5.74) is 1.15. The second-order valence-electron chi connectivity index (χ2n) is 6.99. The minimum absolute atomic E-state index is 0.314. The Kier molecular flexibility index (Phi) is 8.26. The first-order valence-corrected chi connectivity index (χ1v) is 9.50. The lowest BCUT2D eigenvalue weighted by molar-refractivity contribution is -0.147. The van der Waals surface area contributed by atoms with Crippen LogP contribution in [0.15, 0.2) is 30.3 Å². The maximum Gasteiger partial charge on any atom is 0.323 e. The molecule has 0 aromatic heterocycles. The van der Waals surface area contributed by atoms with Crippen LogP contribution in [0.25, 0.3) is 0 Å². The second-order valence-corrected chi connectivity index (χ2v) is 6.99. The van der Waals surface area contributed by atoms with Crippen LogP contribution in [0.1, 0.15) is 44.1 Å². The van der Waals surface area contributed by atoms with Crippen molar-refractivity contribution >= 4 is 17.8 Å². The average Bonchev–Trinajstić information content (AvgIpc) is 2.63. The van der Waals surface area contributed by atoms with Gasteiger partial charge >= 0.3 is 11.9 Å². The molecule has 7 nitrogen and oxygen atoms in total. The Morgan fingerprint density at radius 2 is 1.89 bits per heavy atom. The van der Waals surface area contributed by atoms with Crippen LogP contribution < -0.4 is 5.32 Å². The van der Waals surface area contributed by atoms with Crippen molar-refractivity contribution in [2.45, 2.75) is 57.0 Å². The first-order valence-electron chi connectivity index (χ1n) is 9.50. The topological polar surface area (TPSA) is 107 Å². The Balaban J connectivity index is 1.95. The Labute approximate surface area is 159 Å². The molecule has 0 aliphatic carbocycles. The van der Waals surface area contributed by atoms with Crippen molar-refractivity contribution in [1.29, 1.82) is 0 Å². The maximum absolute atomic E-state index is 12.7. The highest BCUT2D eigenvalue weighted by Crippen LogP contribution is 2.15. The number of amides is 1. The number of carboxylic acids is 2. The van der Waals surface area contributed by atoms with Gasteiger partial charge in [0.05, 0.1) is 6.04 Å². The third kappa shape index (κ3) is 7.02. The van der Waals surface area contributed by atoms with Crippen LogP contribution in [0.2, 0.25) is 0 Å². The summed E-state index contributed by atoms with van der Waals surface area (Å²) in [5.74, 6) is -2.35. The lowest BCUT2D eigenvalue weighted by Gasteiger charge is -2.30. The van der Waals surface area contributed by atoms with Gasteiger partial charge in [0.1, 0.15) is 12.6 Å². The molecule has 1 amide bonds. The van der Waals surface area contributed by atoms with E-state index < -0.39 is 24.0 Å². The molecule has 27 heavy (non-hydrogen) atoms. The van der Waals surface area contributed by atoms with Gasteiger partial charge in [-0.3, -0.25) is 19.7 Å². The molecule has 0 spiro atoms. The van der Waals surface area contributed by atoms with Gasteiger partial charge in [0.2, 0.25) is 5.91 Å². The molecule has 1 aromatic rings. The number of carbonyl (C=O) groups is 3. The normalized spacial score (nSPS) is 19.2. The highest BCUT2D eigenvalue weighted by atomic mass is 16.4. The SMILES string of the molecule is O=C(O)CN1CCCCCC(NC(CCCc2ccccc2)C(=O)O)C1=O. The highest BCUT2D eigenvalue weighted by molar-refractivity contribution is 5.86. The van der Waals surface area contributed by atoms with E-state index in [0.29, 0.717) is 25.8 Å². The molecule has 0 radical (unpaired) electrons. The van der Waals surface area contributed by atoms with Crippen LogP contribution in [0.5, 0.6) is 0 Å². The molecular formula is C20H28N2O5. The molecule has 2 atom stereocenters. The smallest absolute Gasteiger partial charge is 0.323 e. The lowest BCUT2D eigenvalue weighted by atomic mass is 10.00. The zero-order chi connectivity index (χ0) is 19.6. The van der Waals surface area contributed by atoms with Gasteiger partial charge < -0.3 is 15.1 Å². The van der Waals surface area contributed by atoms with Crippen molar-refractivity contribution in [3.8, 4) is 0 Å². The highest BCUT2D eigenvalue weighted by Gasteiger charge is 2.30. The predicted molar refractivity (Wildman–Crippen MR) is 100 cm³/mol. The predicted octanol–water partition coefficient (Wildman–Crippen LogP) is 1.91. The van der Waals surface area contributed by atoms with E-state index in [1.165, 1.54) is 4.90 Å². The molecule has 0 saturated carbocycles. The van der Waals surface area contributed by atoms with Crippen LogP contribution in [0.3, 0.4) is 0 Å². The summed E-state index contributed by atoms with van der Waals surface area (Å²) < 4.78 is 0. The van der Waals surface area contributed by atoms with Crippen LogP contribution >= 0.6 is 0 Å². The van der Waals surface area contributed by atoms with Crippen LogP contribution in [-0.4, -0.2) is 58.1 Å². The van der Waals surface area contributed by atoms with Gasteiger partial charge in [-0.25, -0.2) is 0 Å². The van der Waals surface area contributed by atoms with Crippen molar-refractivity contribution in [2.75, 3.05) is 13.1 Å². The van der Waals surface area contributed by atoms with Gasteiger partial charge in [-0.2, -0.15) is 0 Å². The molecule has 1 saturated heterocycles. The molecule has 7 heteroatoms. The van der Waals surface area contributed by atoms with Crippen molar-refractivity contribution in [3.63, 3.8) is 0 Å². The first kappa shape index (κ1) is 20.9. The van der Waals surface area contributed by atoms with Gasteiger partial charge in [-0.05, 0) is 37.7 Å². The molecule has 2 rings (SSSR count). The Morgan fingerprint density at radius 3 is 2.56 bits per heavy atom. The first-order chi connectivity index (χ1) is 13.0. The molecule has 0 bridgehead atoms. The van der Waals surface area contributed by atoms with E-state index in [4.69, 9.17) is 5.11 Å². The Hall–Kier alpha value is -2.41. The summed E-state index contributed by atoms with van der Waals surface area (Å²) in [6, 6.07) is 8.38. The van der Waals surface area contributed by atoms with Crippen molar-refractivity contribution in [3.05, 3.63) is 35.9 Å². The molecule has 148 valence electrons. The van der Waals surface area contributed by atoms with E-state index in [9.17, 15) is 19.5 Å². The number of benzene rings is 1. The zero-order valence-electron chi connectivity index (χ0n) is 15.5. The molecule has 1 heterocycles. The van der Waals surface area contributed by atoms with Crippen molar-refractivity contribution in [2.24, 2.45) is 0 Å². The number of hydrogen-bond acceptors (Lipinski definition) is 4. The van der Waals surface area contributed by atoms with Gasteiger partial charge in [0.15, 0.2) is 0 Å². The number of carboxylic acid groups (broad SMARTS) is 2. The van der Waals surface area contributed by atoms with Crippen molar-refractivity contribution in [1.82, 2.24) is 10.2 Å². The molecule has 1 aromatic carbocycles. The van der Waals surface area contributed by atoms with Gasteiger partial charge in [0.25, 0.3) is 0 Å². The lowest BCUT2D eigenvalue weighted by Crippen LogP contribution is -2.53. The number of likely N-dealkylation sites (tertiary alicyclic amines) is 1. The summed E-state index contributed by atoms with van der Waals surface area (Å²) in [6.07, 6.45) is 4.88. The second kappa shape index (κ2) is 10.7. The van der Waals surface area contributed by atoms with Gasteiger partial charge in [-0.1, -0.05) is 43.2 Å². The monoisotopic (exact) mass is 376 g/mol. The largest absolute Gasteiger partial charge is 0.480 e. The molecular weight excluding hydrogens is 348 g/mol. The van der Waals surface area contributed by atoms with E-state index in [1.54, 1.807) is 0 Å². The van der Waals surface area contributed by atoms with E-state index in [1.807, 2.05) is 30.3 Å². The minimum Gasteiger partial charge on any atom is -0.480 e. The summed E-state index contributed by atoms with van der Waals surface area (Å²) >= 11 is 0. The average molecular weight is 376 g/mol. The third-order valence-electron chi connectivity index (χ3n) is 4.86. The van der Waals surface area contributed by atoms with Crippen LogP contribution in [-0.2, 0) is 20.8 Å². The third-order valence-corrected chi connectivity index (χ3v) is 4.86. The molecule has 1 aliphatic heterocycles. The van der Waals surface area contributed by atoms with Gasteiger partial charge in [-0.15, -0.1) is 0 Å². The van der Waals surface area contributed by atoms with Gasteiger partial charge in [0, 0.05) is 6.54 Å². The van der Waals surface area contributed by atoms with E-state index in [2.05, 4.69) is 5.32 Å². The van der Waals surface area contributed by atoms with Crippen molar-refractivity contribution < 1.29 is 24.6 Å². The fourth-order valence-electron chi connectivity index (χ4n) is 3.43. The zero-order valence-corrected chi connectivity index (χ0v) is 15.5. The fourth-order valence-corrected chi connectivity index (χ4v) is 3.43. The van der Waals surface area contributed by atoms with Crippen LogP contribution in [0.4, 0.5) is 0 Å². The standard InChI is InChI=1S/C20H28N2O5/c23-18(24)14-22-13-6-2-5-11-16(19(22)25)21-17(20(26)27)12-7-10-15-8-3-1-4-9-15/h1,3-4,8-9,16-17,21H,2,5-7,10-14H2,(H,23,24)(H,26,27). The number of aryl methyl sites for hydroxylation is 1. The van der Waals surface area contributed by atoms with E-state index >= 15 is 0 Å². The fraction of sp³-hybridized carbons (Fsp3) is 0.550. The minimum atomic E-state index is -1.06. The molecule has 1 fully saturated rings.